The van der Waals surface area contributed by atoms with E-state index in [1.54, 1.807) is 0 Å². The van der Waals surface area contributed by atoms with Gasteiger partial charge in [-0.2, -0.15) is 0 Å². The van der Waals surface area contributed by atoms with Crippen molar-refractivity contribution >= 4 is 10.8 Å². The molecule has 1 nitrogen and oxygen atoms in total. The molecule has 5 aromatic rings. The summed E-state index contributed by atoms with van der Waals surface area (Å²) >= 11 is 0. The number of hydrogen-bond acceptors (Lipinski definition) is 1. The molecule has 1 heterocycles. The first-order valence-electron chi connectivity index (χ1n) is 9.89. The molecule has 0 amide bonds. The van der Waals surface area contributed by atoms with E-state index in [4.69, 9.17) is 0 Å². The Morgan fingerprint density at radius 2 is 1.03 bits per heavy atom. The number of rotatable bonds is 3. The van der Waals surface area contributed by atoms with Gasteiger partial charge in [0.15, 0.2) is 0 Å². The monoisotopic (exact) mass is 371 g/mol. The summed E-state index contributed by atoms with van der Waals surface area (Å²) in [5.74, 6) is 0. The van der Waals surface area contributed by atoms with Gasteiger partial charge in [-0.05, 0) is 64.2 Å². The van der Waals surface area contributed by atoms with Gasteiger partial charge in [-0.3, -0.25) is 4.98 Å². The Labute approximate surface area is 171 Å². The molecule has 0 spiro atoms. The summed E-state index contributed by atoms with van der Waals surface area (Å²) in [6, 6.07) is 36.7. The third-order valence-corrected chi connectivity index (χ3v) is 5.40. The second kappa shape index (κ2) is 7.37. The average Bonchev–Trinajstić information content (AvgIpc) is 2.79. The topological polar surface area (TPSA) is 12.9 Å². The minimum absolute atomic E-state index is 1.00. The Hall–Kier alpha value is -3.71. The first-order valence-corrected chi connectivity index (χ1v) is 9.89. The van der Waals surface area contributed by atoms with Crippen molar-refractivity contribution in [3.63, 3.8) is 0 Å². The van der Waals surface area contributed by atoms with E-state index >= 15 is 0 Å². The van der Waals surface area contributed by atoms with E-state index in [-0.39, 0.29) is 0 Å². The van der Waals surface area contributed by atoms with Crippen molar-refractivity contribution in [2.45, 2.75) is 6.92 Å². The molecule has 5 rings (SSSR count). The van der Waals surface area contributed by atoms with Crippen molar-refractivity contribution in [2.75, 3.05) is 0 Å². The second-order valence-electron chi connectivity index (χ2n) is 7.44. The molecule has 1 aromatic heterocycles. The first kappa shape index (κ1) is 17.4. The zero-order valence-electron chi connectivity index (χ0n) is 16.3. The Kier molecular flexibility index (Phi) is 4.42. The van der Waals surface area contributed by atoms with Gasteiger partial charge in [-0.25, -0.2) is 0 Å². The van der Waals surface area contributed by atoms with Crippen LogP contribution < -0.4 is 0 Å². The van der Waals surface area contributed by atoms with Gasteiger partial charge in [0, 0.05) is 11.8 Å². The fourth-order valence-corrected chi connectivity index (χ4v) is 3.72. The fraction of sp³-hybridized carbons (Fsp3) is 0.0357. The SMILES string of the molecule is Cc1ccc(-c2ccc3ccc(-c4ccc(-c5ccccn5)cc4)cc3c2)cc1. The summed E-state index contributed by atoms with van der Waals surface area (Å²) in [5, 5.41) is 2.52. The van der Waals surface area contributed by atoms with Crippen LogP contribution in [0.4, 0.5) is 0 Å². The number of pyridine rings is 1. The Morgan fingerprint density at radius 1 is 0.483 bits per heavy atom. The largest absolute Gasteiger partial charge is 0.256 e. The molecule has 0 saturated heterocycles. The van der Waals surface area contributed by atoms with E-state index in [0.29, 0.717) is 0 Å². The zero-order chi connectivity index (χ0) is 19.6. The van der Waals surface area contributed by atoms with Gasteiger partial charge in [0.1, 0.15) is 0 Å². The van der Waals surface area contributed by atoms with Crippen LogP contribution in [0.15, 0.2) is 109 Å². The van der Waals surface area contributed by atoms with Crippen molar-refractivity contribution < 1.29 is 0 Å². The number of benzene rings is 4. The highest BCUT2D eigenvalue weighted by molar-refractivity contribution is 5.91. The van der Waals surface area contributed by atoms with Crippen LogP contribution in [-0.2, 0) is 0 Å². The van der Waals surface area contributed by atoms with Gasteiger partial charge in [-0.1, -0.05) is 84.4 Å². The van der Waals surface area contributed by atoms with Crippen LogP contribution >= 0.6 is 0 Å². The molecule has 0 aliphatic carbocycles. The minimum Gasteiger partial charge on any atom is -0.256 e. The van der Waals surface area contributed by atoms with Crippen LogP contribution in [0.25, 0.3) is 44.3 Å². The lowest BCUT2D eigenvalue weighted by molar-refractivity contribution is 1.33. The average molecular weight is 371 g/mol. The molecular formula is C28H21N. The highest BCUT2D eigenvalue weighted by Crippen LogP contribution is 2.30. The smallest absolute Gasteiger partial charge is 0.0701 e. The van der Waals surface area contributed by atoms with E-state index in [9.17, 15) is 0 Å². The molecule has 0 aliphatic rings. The van der Waals surface area contributed by atoms with E-state index < -0.39 is 0 Å². The molecule has 0 unspecified atom stereocenters. The van der Waals surface area contributed by atoms with E-state index in [2.05, 4.69) is 96.8 Å². The van der Waals surface area contributed by atoms with Crippen LogP contribution in [0.1, 0.15) is 5.56 Å². The standard InChI is InChI=1S/C28H21N/c1-20-5-7-21(8-6-20)25-15-11-23-12-16-26(19-27(23)18-25)22-9-13-24(14-10-22)28-4-2-3-17-29-28/h2-19H,1H3. The molecule has 0 atom stereocenters. The van der Waals surface area contributed by atoms with Crippen molar-refractivity contribution in [1.29, 1.82) is 0 Å². The summed E-state index contributed by atoms with van der Waals surface area (Å²) in [5.41, 5.74) is 8.37. The highest BCUT2D eigenvalue weighted by Gasteiger charge is 2.04. The number of aromatic nitrogens is 1. The molecule has 0 saturated carbocycles. The van der Waals surface area contributed by atoms with Gasteiger partial charge < -0.3 is 0 Å². The fourth-order valence-electron chi connectivity index (χ4n) is 3.72. The van der Waals surface area contributed by atoms with Crippen LogP contribution in [-0.4, -0.2) is 4.98 Å². The molecule has 0 bridgehead atoms. The number of nitrogens with zero attached hydrogens (tertiary/aromatic N) is 1. The second-order valence-corrected chi connectivity index (χ2v) is 7.44. The Bertz CT molecular complexity index is 1270. The molecule has 0 radical (unpaired) electrons. The Morgan fingerprint density at radius 3 is 1.62 bits per heavy atom. The molecule has 0 aliphatic heterocycles. The van der Waals surface area contributed by atoms with Gasteiger partial charge in [-0.15, -0.1) is 0 Å². The Balaban J connectivity index is 1.51. The van der Waals surface area contributed by atoms with Crippen molar-refractivity contribution in [1.82, 2.24) is 4.98 Å². The molecular weight excluding hydrogens is 350 g/mol. The van der Waals surface area contributed by atoms with E-state index in [1.807, 2.05) is 24.4 Å². The summed E-state index contributed by atoms with van der Waals surface area (Å²) < 4.78 is 0. The summed E-state index contributed by atoms with van der Waals surface area (Å²) in [6.07, 6.45) is 1.83. The van der Waals surface area contributed by atoms with Crippen molar-refractivity contribution in [3.8, 4) is 33.5 Å². The summed E-state index contributed by atoms with van der Waals surface area (Å²) in [6.45, 7) is 2.12. The van der Waals surface area contributed by atoms with Gasteiger partial charge in [0.05, 0.1) is 5.69 Å². The number of fused-ring (bicyclic) bond motifs is 1. The maximum atomic E-state index is 4.44. The van der Waals surface area contributed by atoms with Crippen LogP contribution in [0.3, 0.4) is 0 Å². The lowest BCUT2D eigenvalue weighted by Gasteiger charge is -2.08. The highest BCUT2D eigenvalue weighted by atomic mass is 14.7. The molecule has 0 fully saturated rings. The van der Waals surface area contributed by atoms with Crippen LogP contribution in [0.5, 0.6) is 0 Å². The van der Waals surface area contributed by atoms with Gasteiger partial charge in [0.25, 0.3) is 0 Å². The minimum atomic E-state index is 1.00. The predicted octanol–water partition coefficient (Wildman–Crippen LogP) is 7.54. The third-order valence-electron chi connectivity index (χ3n) is 5.40. The molecule has 138 valence electrons. The number of hydrogen-bond donors (Lipinski definition) is 0. The summed E-state index contributed by atoms with van der Waals surface area (Å²) in [7, 11) is 0. The molecule has 4 aromatic carbocycles. The predicted molar refractivity (Wildman–Crippen MR) is 123 cm³/mol. The molecule has 29 heavy (non-hydrogen) atoms. The maximum absolute atomic E-state index is 4.44. The van der Waals surface area contributed by atoms with Crippen molar-refractivity contribution in [3.05, 3.63) is 115 Å². The van der Waals surface area contributed by atoms with E-state index in [1.165, 1.54) is 38.6 Å². The lowest BCUT2D eigenvalue weighted by Crippen LogP contribution is -1.84. The van der Waals surface area contributed by atoms with Gasteiger partial charge >= 0.3 is 0 Å². The van der Waals surface area contributed by atoms with E-state index in [0.717, 1.165) is 11.3 Å². The first-order chi connectivity index (χ1) is 14.3. The van der Waals surface area contributed by atoms with Crippen LogP contribution in [0, 0.1) is 6.92 Å². The zero-order valence-corrected chi connectivity index (χ0v) is 16.3. The molecule has 0 N–H and O–H groups in total. The van der Waals surface area contributed by atoms with Gasteiger partial charge in [0.2, 0.25) is 0 Å². The van der Waals surface area contributed by atoms with Crippen molar-refractivity contribution in [2.24, 2.45) is 0 Å². The quantitative estimate of drug-likeness (QED) is 0.319. The third kappa shape index (κ3) is 3.55. The summed E-state index contributed by atoms with van der Waals surface area (Å²) in [4.78, 5) is 4.44. The number of aryl methyl sites for hydroxylation is 1. The lowest BCUT2D eigenvalue weighted by atomic mass is 9.96. The normalized spacial score (nSPS) is 10.9. The molecule has 1 heteroatoms. The van der Waals surface area contributed by atoms with Crippen LogP contribution in [0.2, 0.25) is 0 Å². The maximum Gasteiger partial charge on any atom is 0.0701 e.